The Morgan fingerprint density at radius 2 is 1.81 bits per heavy atom. The quantitative estimate of drug-likeness (QED) is 0.796. The molecule has 1 aliphatic rings. The van der Waals surface area contributed by atoms with Crippen molar-refractivity contribution in [2.75, 3.05) is 13.1 Å². The number of rotatable bonds is 1. The fourth-order valence-corrected chi connectivity index (χ4v) is 1.83. The zero-order valence-electron chi connectivity index (χ0n) is 10.3. The number of hydrogen-bond acceptors (Lipinski definition) is 3. The van der Waals surface area contributed by atoms with Crippen molar-refractivity contribution in [3.8, 4) is 0 Å². The van der Waals surface area contributed by atoms with Crippen molar-refractivity contribution in [2.24, 2.45) is 0 Å². The third-order valence-electron chi connectivity index (χ3n) is 2.73. The molecule has 0 aliphatic carbocycles. The Bertz CT molecular complexity index is 536. The molecule has 0 bridgehead atoms. The lowest BCUT2D eigenvalue weighted by Gasteiger charge is -2.28. The Morgan fingerprint density at radius 1 is 1.14 bits per heavy atom. The monoisotopic (exact) mass is 317 g/mol. The molecule has 12 heteroatoms. The summed E-state index contributed by atoms with van der Waals surface area (Å²) < 4.78 is 74.4. The molecule has 6 nitrogen and oxygen atoms in total. The predicted molar refractivity (Wildman–Crippen MR) is 54.9 cm³/mol. The van der Waals surface area contributed by atoms with Gasteiger partial charge in [-0.2, -0.15) is 26.3 Å². The lowest BCUT2D eigenvalue weighted by Crippen LogP contribution is -2.47. The molecule has 0 aromatic carbocycles. The third-order valence-corrected chi connectivity index (χ3v) is 2.73. The van der Waals surface area contributed by atoms with Crippen molar-refractivity contribution in [2.45, 2.75) is 25.4 Å². The van der Waals surface area contributed by atoms with Crippen molar-refractivity contribution in [1.29, 1.82) is 0 Å². The number of nitrogens with zero attached hydrogens (tertiary/aromatic N) is 4. The van der Waals surface area contributed by atoms with Gasteiger partial charge in [-0.25, -0.2) is 4.79 Å². The Morgan fingerprint density at radius 3 is 2.38 bits per heavy atom. The van der Waals surface area contributed by atoms with Gasteiger partial charge in [0.2, 0.25) is 5.82 Å². The maximum Gasteiger partial charge on any atom is 0.451 e. The van der Waals surface area contributed by atoms with Gasteiger partial charge in [-0.15, -0.1) is 10.2 Å². The Kier molecular flexibility index (Phi) is 3.72. The molecule has 1 aromatic rings. The summed E-state index contributed by atoms with van der Waals surface area (Å²) in [7, 11) is 0. The van der Waals surface area contributed by atoms with Gasteiger partial charge >= 0.3 is 18.4 Å². The molecule has 0 saturated carbocycles. The fraction of sp³-hybridized carbons (Fsp3) is 0.667. The van der Waals surface area contributed by atoms with Crippen LogP contribution in [0, 0.1) is 0 Å². The van der Waals surface area contributed by atoms with Crippen LogP contribution in [0.25, 0.3) is 0 Å². The minimum Gasteiger partial charge on any atom is -0.329 e. The highest BCUT2D eigenvalue weighted by molar-refractivity contribution is 5.74. The second-order valence-electron chi connectivity index (χ2n) is 4.28. The van der Waals surface area contributed by atoms with E-state index in [-0.39, 0.29) is 25.5 Å². The van der Waals surface area contributed by atoms with Crippen LogP contribution < -0.4 is 5.32 Å². The van der Waals surface area contributed by atoms with E-state index in [4.69, 9.17) is 0 Å². The zero-order chi connectivity index (χ0) is 15.8. The summed E-state index contributed by atoms with van der Waals surface area (Å²) in [6.45, 7) is -2.26. The molecule has 1 aliphatic heterocycles. The van der Waals surface area contributed by atoms with Crippen LogP contribution in [0.4, 0.5) is 31.1 Å². The normalized spacial score (nSPS) is 15.8. The van der Waals surface area contributed by atoms with Gasteiger partial charge in [0, 0.05) is 13.1 Å². The van der Waals surface area contributed by atoms with E-state index >= 15 is 0 Å². The van der Waals surface area contributed by atoms with Gasteiger partial charge in [-0.05, 0) is 0 Å². The smallest absolute Gasteiger partial charge is 0.329 e. The first kappa shape index (κ1) is 15.4. The number of nitrogens with one attached hydrogen (secondary N) is 1. The lowest BCUT2D eigenvalue weighted by molar-refractivity contribution is -0.148. The summed E-state index contributed by atoms with van der Waals surface area (Å²) in [6.07, 6.45) is -9.24. The van der Waals surface area contributed by atoms with Gasteiger partial charge in [-0.3, -0.25) is 0 Å². The van der Waals surface area contributed by atoms with Crippen LogP contribution in [0.15, 0.2) is 0 Å². The molecule has 1 aromatic heterocycles. The minimum absolute atomic E-state index is 0.129. The lowest BCUT2D eigenvalue weighted by atomic mass is 10.3. The SMILES string of the molecule is O=C(NCC(F)(F)F)N1CCn2c(nnc2C(F)(F)F)C1. The number of hydrogen-bond donors (Lipinski definition) is 1. The van der Waals surface area contributed by atoms with E-state index in [1.807, 2.05) is 0 Å². The molecule has 2 amide bonds. The van der Waals surface area contributed by atoms with Crippen LogP contribution in [0.2, 0.25) is 0 Å². The van der Waals surface area contributed by atoms with E-state index in [1.54, 1.807) is 5.32 Å². The molecule has 0 radical (unpaired) electrons. The Labute approximate surface area is 113 Å². The number of alkyl halides is 6. The van der Waals surface area contributed by atoms with E-state index < -0.39 is 30.8 Å². The second-order valence-corrected chi connectivity index (χ2v) is 4.28. The highest BCUT2D eigenvalue weighted by atomic mass is 19.4. The molecule has 0 saturated heterocycles. The topological polar surface area (TPSA) is 63.1 Å². The molecule has 21 heavy (non-hydrogen) atoms. The fourth-order valence-electron chi connectivity index (χ4n) is 1.83. The highest BCUT2D eigenvalue weighted by Crippen LogP contribution is 2.29. The number of fused-ring (bicyclic) bond motifs is 1. The molecule has 2 heterocycles. The number of carbonyl (C=O) groups excluding carboxylic acids is 1. The number of urea groups is 1. The predicted octanol–water partition coefficient (Wildman–Crippen LogP) is 1.38. The number of halogens is 6. The standard InChI is InChI=1S/C9H9F6N5O/c10-8(11,12)4-16-7(21)19-1-2-20-5(3-19)17-18-6(20)9(13,14)15/h1-4H2,(H,16,21). The summed E-state index contributed by atoms with van der Waals surface area (Å²) in [6, 6.07) is -1.02. The van der Waals surface area contributed by atoms with Crippen LogP contribution in [-0.2, 0) is 19.3 Å². The number of aromatic nitrogens is 3. The van der Waals surface area contributed by atoms with Crippen molar-refractivity contribution in [1.82, 2.24) is 25.0 Å². The molecule has 1 N–H and O–H groups in total. The highest BCUT2D eigenvalue weighted by Gasteiger charge is 2.40. The summed E-state index contributed by atoms with van der Waals surface area (Å²) in [5.74, 6) is -1.32. The van der Waals surface area contributed by atoms with Crippen LogP contribution in [0.5, 0.6) is 0 Å². The molecular formula is C9H9F6N5O. The van der Waals surface area contributed by atoms with E-state index in [1.165, 1.54) is 0 Å². The van der Waals surface area contributed by atoms with E-state index in [2.05, 4.69) is 10.2 Å². The second kappa shape index (κ2) is 5.07. The minimum atomic E-state index is -4.67. The van der Waals surface area contributed by atoms with Gasteiger partial charge in [0.1, 0.15) is 6.54 Å². The summed E-state index contributed by atoms with van der Waals surface area (Å²) in [5, 5.41) is 7.95. The first-order valence-corrected chi connectivity index (χ1v) is 5.67. The largest absolute Gasteiger partial charge is 0.451 e. The molecule has 0 spiro atoms. The Hall–Kier alpha value is -2.01. The maximum atomic E-state index is 12.6. The third kappa shape index (κ3) is 3.55. The van der Waals surface area contributed by atoms with Crippen molar-refractivity contribution < 1.29 is 31.1 Å². The average Bonchev–Trinajstić information content (AvgIpc) is 2.77. The van der Waals surface area contributed by atoms with E-state index in [0.717, 1.165) is 9.47 Å². The number of amides is 2. The maximum absolute atomic E-state index is 12.6. The van der Waals surface area contributed by atoms with Crippen LogP contribution >= 0.6 is 0 Å². The molecule has 2 rings (SSSR count). The van der Waals surface area contributed by atoms with Gasteiger partial charge in [0.25, 0.3) is 0 Å². The van der Waals surface area contributed by atoms with E-state index in [0.29, 0.717) is 0 Å². The zero-order valence-corrected chi connectivity index (χ0v) is 10.3. The molecular weight excluding hydrogens is 308 g/mol. The number of carbonyl (C=O) groups is 1. The van der Waals surface area contributed by atoms with Crippen LogP contribution in [-0.4, -0.2) is 45.0 Å². The molecule has 0 unspecified atom stereocenters. The molecule has 118 valence electrons. The molecule has 0 atom stereocenters. The summed E-state index contributed by atoms with van der Waals surface area (Å²) in [4.78, 5) is 12.4. The molecule has 0 fully saturated rings. The van der Waals surface area contributed by atoms with Gasteiger partial charge in [-0.1, -0.05) is 0 Å². The van der Waals surface area contributed by atoms with Gasteiger partial charge in [0.15, 0.2) is 5.82 Å². The van der Waals surface area contributed by atoms with Crippen molar-refractivity contribution in [3.63, 3.8) is 0 Å². The van der Waals surface area contributed by atoms with Crippen LogP contribution in [0.1, 0.15) is 11.6 Å². The van der Waals surface area contributed by atoms with Crippen molar-refractivity contribution >= 4 is 6.03 Å². The van der Waals surface area contributed by atoms with Crippen molar-refractivity contribution in [3.05, 3.63) is 11.6 Å². The van der Waals surface area contributed by atoms with E-state index in [9.17, 15) is 31.1 Å². The van der Waals surface area contributed by atoms with Gasteiger partial charge < -0.3 is 14.8 Å². The first-order chi connectivity index (χ1) is 9.58. The summed E-state index contributed by atoms with van der Waals surface area (Å²) in [5.41, 5.74) is 0. The van der Waals surface area contributed by atoms with Gasteiger partial charge in [0.05, 0.1) is 6.54 Å². The Balaban J connectivity index is 2.04. The van der Waals surface area contributed by atoms with Crippen LogP contribution in [0.3, 0.4) is 0 Å². The first-order valence-electron chi connectivity index (χ1n) is 5.67. The average molecular weight is 317 g/mol. The summed E-state index contributed by atoms with van der Waals surface area (Å²) >= 11 is 0.